The summed E-state index contributed by atoms with van der Waals surface area (Å²) in [7, 11) is 0. The molecule has 0 spiro atoms. The van der Waals surface area contributed by atoms with Gasteiger partial charge in [0.15, 0.2) is 0 Å². The standard InChI is InChI=1S/C13H11F3O2/c14-13(15,16)12(6-7-12)10(8-11(17)18)9-4-2-1-3-5-9/h1-5,8H,6-7H2,(H,17,18)/b10-8-. The number of rotatable bonds is 3. The predicted molar refractivity (Wildman–Crippen MR) is 59.8 cm³/mol. The minimum absolute atomic E-state index is 0.0511. The van der Waals surface area contributed by atoms with Gasteiger partial charge in [0.1, 0.15) is 0 Å². The zero-order valence-corrected chi connectivity index (χ0v) is 9.37. The number of hydrogen-bond acceptors (Lipinski definition) is 1. The number of carboxylic acid groups (broad SMARTS) is 1. The zero-order valence-electron chi connectivity index (χ0n) is 9.37. The summed E-state index contributed by atoms with van der Waals surface area (Å²) in [6, 6.07) is 7.87. The van der Waals surface area contributed by atoms with Crippen LogP contribution >= 0.6 is 0 Å². The second kappa shape index (κ2) is 4.15. The number of aliphatic carboxylic acids is 1. The Balaban J connectivity index is 2.50. The van der Waals surface area contributed by atoms with E-state index in [9.17, 15) is 18.0 Å². The lowest BCUT2D eigenvalue weighted by Gasteiger charge is -2.22. The van der Waals surface area contributed by atoms with E-state index in [1.54, 1.807) is 18.2 Å². The Bertz CT molecular complexity index is 485. The molecular formula is C13H11F3O2. The first-order chi connectivity index (χ1) is 8.37. The average Bonchev–Trinajstić information content (AvgIpc) is 3.07. The first-order valence-electron chi connectivity index (χ1n) is 5.44. The quantitative estimate of drug-likeness (QED) is 0.840. The highest BCUT2D eigenvalue weighted by Crippen LogP contribution is 2.64. The van der Waals surface area contributed by atoms with Gasteiger partial charge in [0.05, 0.1) is 5.41 Å². The molecule has 2 rings (SSSR count). The number of benzene rings is 1. The Morgan fingerprint density at radius 1 is 1.22 bits per heavy atom. The van der Waals surface area contributed by atoms with E-state index in [2.05, 4.69) is 0 Å². The molecule has 0 aromatic heterocycles. The fourth-order valence-corrected chi connectivity index (χ4v) is 2.07. The van der Waals surface area contributed by atoms with E-state index in [1.165, 1.54) is 12.1 Å². The van der Waals surface area contributed by atoms with Gasteiger partial charge in [0.2, 0.25) is 0 Å². The van der Waals surface area contributed by atoms with Crippen LogP contribution in [0.15, 0.2) is 36.4 Å². The smallest absolute Gasteiger partial charge is 0.398 e. The van der Waals surface area contributed by atoms with Crippen molar-refractivity contribution >= 4 is 11.5 Å². The summed E-state index contributed by atoms with van der Waals surface area (Å²) in [6.45, 7) is 0. The van der Waals surface area contributed by atoms with Gasteiger partial charge in [-0.1, -0.05) is 30.3 Å². The van der Waals surface area contributed by atoms with Crippen LogP contribution in [0.2, 0.25) is 0 Å². The molecule has 1 aromatic carbocycles. The van der Waals surface area contributed by atoms with Gasteiger partial charge in [-0.25, -0.2) is 4.79 Å². The van der Waals surface area contributed by atoms with E-state index in [-0.39, 0.29) is 18.4 Å². The Morgan fingerprint density at radius 3 is 2.17 bits per heavy atom. The van der Waals surface area contributed by atoms with Crippen LogP contribution in [-0.2, 0) is 4.79 Å². The molecule has 1 N–H and O–H groups in total. The third-order valence-electron chi connectivity index (χ3n) is 3.16. The van der Waals surface area contributed by atoms with Crippen molar-refractivity contribution in [3.63, 3.8) is 0 Å². The maximum atomic E-state index is 13.0. The summed E-state index contributed by atoms with van der Waals surface area (Å²) in [5, 5.41) is 8.76. The molecule has 0 amide bonds. The van der Waals surface area contributed by atoms with Crippen molar-refractivity contribution in [3.05, 3.63) is 42.0 Å². The normalized spacial score (nSPS) is 18.5. The van der Waals surface area contributed by atoms with E-state index in [0.717, 1.165) is 0 Å². The Labute approximate surface area is 102 Å². The van der Waals surface area contributed by atoms with Gasteiger partial charge in [-0.05, 0) is 24.0 Å². The van der Waals surface area contributed by atoms with Crippen LogP contribution < -0.4 is 0 Å². The maximum absolute atomic E-state index is 13.0. The molecule has 1 fully saturated rings. The molecule has 0 radical (unpaired) electrons. The van der Waals surface area contributed by atoms with Crippen LogP contribution in [-0.4, -0.2) is 17.3 Å². The highest BCUT2D eigenvalue weighted by Gasteiger charge is 2.65. The highest BCUT2D eigenvalue weighted by atomic mass is 19.4. The number of alkyl halides is 3. The van der Waals surface area contributed by atoms with Gasteiger partial charge in [-0.15, -0.1) is 0 Å². The van der Waals surface area contributed by atoms with Crippen molar-refractivity contribution in [2.45, 2.75) is 19.0 Å². The Kier molecular flexibility index (Phi) is 2.92. The second-order valence-corrected chi connectivity index (χ2v) is 4.34. The molecule has 96 valence electrons. The molecule has 0 bridgehead atoms. The fraction of sp³-hybridized carbons (Fsp3) is 0.308. The van der Waals surface area contributed by atoms with Gasteiger partial charge >= 0.3 is 12.1 Å². The number of carboxylic acids is 1. The molecule has 18 heavy (non-hydrogen) atoms. The van der Waals surface area contributed by atoms with Crippen molar-refractivity contribution in [1.29, 1.82) is 0 Å². The summed E-state index contributed by atoms with van der Waals surface area (Å²) in [6.07, 6.45) is -3.84. The van der Waals surface area contributed by atoms with Crippen LogP contribution in [0.4, 0.5) is 13.2 Å². The monoisotopic (exact) mass is 256 g/mol. The number of hydrogen-bond donors (Lipinski definition) is 1. The topological polar surface area (TPSA) is 37.3 Å². The molecular weight excluding hydrogens is 245 g/mol. The number of halogens is 3. The van der Waals surface area contributed by atoms with Crippen molar-refractivity contribution in [3.8, 4) is 0 Å². The minimum atomic E-state index is -4.41. The molecule has 1 saturated carbocycles. The second-order valence-electron chi connectivity index (χ2n) is 4.34. The van der Waals surface area contributed by atoms with Crippen LogP contribution in [0, 0.1) is 5.41 Å². The highest BCUT2D eigenvalue weighted by molar-refractivity contribution is 5.92. The molecule has 0 aliphatic heterocycles. The molecule has 0 saturated heterocycles. The van der Waals surface area contributed by atoms with E-state index in [1.807, 2.05) is 0 Å². The van der Waals surface area contributed by atoms with Crippen molar-refractivity contribution < 1.29 is 23.1 Å². The van der Waals surface area contributed by atoms with E-state index >= 15 is 0 Å². The van der Waals surface area contributed by atoms with Gasteiger partial charge in [0.25, 0.3) is 0 Å². The molecule has 1 aliphatic rings. The molecule has 2 nitrogen and oxygen atoms in total. The molecule has 1 aliphatic carbocycles. The number of allylic oxidation sites excluding steroid dienone is 1. The molecule has 0 atom stereocenters. The van der Waals surface area contributed by atoms with E-state index < -0.39 is 17.6 Å². The van der Waals surface area contributed by atoms with Crippen molar-refractivity contribution in [1.82, 2.24) is 0 Å². The number of carbonyl (C=O) groups is 1. The molecule has 1 aromatic rings. The average molecular weight is 256 g/mol. The van der Waals surface area contributed by atoms with Crippen LogP contribution in [0.25, 0.3) is 5.57 Å². The Morgan fingerprint density at radius 2 is 1.78 bits per heavy atom. The minimum Gasteiger partial charge on any atom is -0.478 e. The predicted octanol–water partition coefficient (Wildman–Crippen LogP) is 3.50. The largest absolute Gasteiger partial charge is 0.478 e. The van der Waals surface area contributed by atoms with Gasteiger partial charge in [-0.3, -0.25) is 0 Å². The first kappa shape index (κ1) is 12.7. The fourth-order valence-electron chi connectivity index (χ4n) is 2.07. The van der Waals surface area contributed by atoms with Gasteiger partial charge in [0, 0.05) is 6.08 Å². The molecule has 0 heterocycles. The summed E-state index contributed by atoms with van der Waals surface area (Å²) in [4.78, 5) is 10.7. The zero-order chi connectivity index (χ0) is 13.4. The van der Waals surface area contributed by atoms with Gasteiger partial charge in [-0.2, -0.15) is 13.2 Å². The van der Waals surface area contributed by atoms with E-state index in [0.29, 0.717) is 11.6 Å². The van der Waals surface area contributed by atoms with Crippen LogP contribution in [0.5, 0.6) is 0 Å². The van der Waals surface area contributed by atoms with Gasteiger partial charge < -0.3 is 5.11 Å². The van der Waals surface area contributed by atoms with Crippen LogP contribution in [0.3, 0.4) is 0 Å². The van der Waals surface area contributed by atoms with Crippen molar-refractivity contribution in [2.24, 2.45) is 5.41 Å². The van der Waals surface area contributed by atoms with E-state index in [4.69, 9.17) is 5.11 Å². The third-order valence-corrected chi connectivity index (χ3v) is 3.16. The lowest BCUT2D eigenvalue weighted by Crippen LogP contribution is -2.26. The SMILES string of the molecule is O=C(O)/C=C(/c1ccccc1)C1(C(F)(F)F)CC1. The summed E-state index contributed by atoms with van der Waals surface area (Å²) < 4.78 is 39.1. The Hall–Kier alpha value is -1.78. The van der Waals surface area contributed by atoms with Crippen LogP contribution in [0.1, 0.15) is 18.4 Å². The molecule has 0 unspecified atom stereocenters. The summed E-state index contributed by atoms with van der Waals surface area (Å²) in [5.41, 5.74) is -1.81. The molecule has 5 heteroatoms. The van der Waals surface area contributed by atoms with Crippen molar-refractivity contribution in [2.75, 3.05) is 0 Å². The lowest BCUT2D eigenvalue weighted by molar-refractivity contribution is -0.168. The maximum Gasteiger partial charge on any atom is 0.398 e. The third kappa shape index (κ3) is 2.12. The first-order valence-corrected chi connectivity index (χ1v) is 5.44. The summed E-state index contributed by atoms with van der Waals surface area (Å²) >= 11 is 0. The summed E-state index contributed by atoms with van der Waals surface area (Å²) in [5.74, 6) is -1.36. The lowest BCUT2D eigenvalue weighted by atomic mass is 9.88.